The summed E-state index contributed by atoms with van der Waals surface area (Å²) < 4.78 is 32.4. The van der Waals surface area contributed by atoms with Crippen molar-refractivity contribution in [2.45, 2.75) is 18.6 Å². The number of hydrogen-bond acceptors (Lipinski definition) is 4. The zero-order valence-corrected chi connectivity index (χ0v) is 15.9. The number of Topliss-reactive ketones (excluding diaryl/α,β-unsaturated/α-hetero) is 1. The van der Waals surface area contributed by atoms with Crippen LogP contribution < -0.4 is 0 Å². The van der Waals surface area contributed by atoms with Gasteiger partial charge in [-0.15, -0.1) is 11.8 Å². The Morgan fingerprint density at radius 1 is 1.19 bits per heavy atom. The molecule has 0 amide bonds. The van der Waals surface area contributed by atoms with Crippen LogP contribution in [0.2, 0.25) is 0 Å². The van der Waals surface area contributed by atoms with Crippen LogP contribution in [0.4, 0.5) is 8.78 Å². The normalized spacial score (nSPS) is 22.5. The molecule has 1 fully saturated rings. The van der Waals surface area contributed by atoms with Crippen molar-refractivity contribution in [3.05, 3.63) is 70.8 Å². The third-order valence-corrected chi connectivity index (χ3v) is 6.50. The van der Waals surface area contributed by atoms with E-state index in [2.05, 4.69) is 4.74 Å². The van der Waals surface area contributed by atoms with E-state index in [4.69, 9.17) is 0 Å². The third kappa shape index (κ3) is 4.21. The van der Waals surface area contributed by atoms with Gasteiger partial charge in [-0.1, -0.05) is 25.1 Å². The van der Waals surface area contributed by atoms with Crippen LogP contribution in [0.3, 0.4) is 0 Å². The highest BCUT2D eigenvalue weighted by Crippen LogP contribution is 2.46. The molecule has 2 aromatic carbocycles. The fraction of sp³-hybridized carbons (Fsp3) is 0.333. The first-order valence-corrected chi connectivity index (χ1v) is 9.72. The van der Waals surface area contributed by atoms with E-state index < -0.39 is 11.8 Å². The maximum atomic E-state index is 14.6. The number of methoxy groups -OCH3 is 1. The Balaban J connectivity index is 1.89. The fourth-order valence-electron chi connectivity index (χ4n) is 3.42. The molecule has 0 saturated carbocycles. The molecule has 1 saturated heterocycles. The summed E-state index contributed by atoms with van der Waals surface area (Å²) in [5.74, 6) is -1.24. The van der Waals surface area contributed by atoms with Crippen molar-refractivity contribution in [2.75, 3.05) is 12.9 Å². The minimum absolute atomic E-state index is 0.0296. The van der Waals surface area contributed by atoms with E-state index in [0.717, 1.165) is 11.6 Å². The Bertz CT molecular complexity index is 851. The number of carbonyl (C=O) groups is 2. The number of benzene rings is 2. The van der Waals surface area contributed by atoms with Crippen molar-refractivity contribution < 1.29 is 23.1 Å². The molecule has 3 rings (SSSR count). The minimum Gasteiger partial charge on any atom is -0.465 e. The van der Waals surface area contributed by atoms with Gasteiger partial charge >= 0.3 is 5.97 Å². The second kappa shape index (κ2) is 8.21. The van der Waals surface area contributed by atoms with Gasteiger partial charge in [0.2, 0.25) is 0 Å². The summed E-state index contributed by atoms with van der Waals surface area (Å²) in [6, 6.07) is 10.5. The molecule has 3 nitrogen and oxygen atoms in total. The van der Waals surface area contributed by atoms with Crippen LogP contribution in [0.5, 0.6) is 0 Å². The molecule has 6 heteroatoms. The van der Waals surface area contributed by atoms with Crippen molar-refractivity contribution in [3.63, 3.8) is 0 Å². The van der Waals surface area contributed by atoms with Gasteiger partial charge in [0.05, 0.1) is 18.4 Å². The molecule has 0 spiro atoms. The maximum Gasteiger partial charge on any atom is 0.337 e. The van der Waals surface area contributed by atoms with Crippen LogP contribution in [0.25, 0.3) is 0 Å². The molecule has 3 unspecified atom stereocenters. The first-order valence-electron chi connectivity index (χ1n) is 8.67. The van der Waals surface area contributed by atoms with E-state index in [0.29, 0.717) is 17.7 Å². The first-order chi connectivity index (χ1) is 12.9. The van der Waals surface area contributed by atoms with Crippen molar-refractivity contribution in [1.29, 1.82) is 0 Å². The highest BCUT2D eigenvalue weighted by Gasteiger charge is 2.37. The van der Waals surface area contributed by atoms with Crippen LogP contribution in [0.15, 0.2) is 42.5 Å². The lowest BCUT2D eigenvalue weighted by Crippen LogP contribution is -2.33. The molecule has 0 N–H and O–H groups in total. The number of esters is 1. The number of carbonyl (C=O) groups excluding carboxylic acids is 2. The highest BCUT2D eigenvalue weighted by molar-refractivity contribution is 8.00. The van der Waals surface area contributed by atoms with Gasteiger partial charge in [0, 0.05) is 11.2 Å². The minimum atomic E-state index is -0.596. The molecule has 27 heavy (non-hydrogen) atoms. The van der Waals surface area contributed by atoms with Gasteiger partial charge in [0.1, 0.15) is 17.4 Å². The first kappa shape index (κ1) is 19.5. The lowest BCUT2D eigenvalue weighted by atomic mass is 9.80. The Morgan fingerprint density at radius 2 is 1.89 bits per heavy atom. The van der Waals surface area contributed by atoms with E-state index in [1.54, 1.807) is 18.2 Å². The third-order valence-electron chi connectivity index (χ3n) is 5.07. The van der Waals surface area contributed by atoms with Gasteiger partial charge in [-0.2, -0.15) is 0 Å². The molecular weight excluding hydrogens is 370 g/mol. The smallest absolute Gasteiger partial charge is 0.337 e. The summed E-state index contributed by atoms with van der Waals surface area (Å²) in [6.45, 7) is 1.87. The SMILES string of the molecule is COC(=O)c1ccc(CC2C(C)C(=O)CSC2c2ccc(F)cc2)c(F)c1. The Labute approximate surface area is 161 Å². The molecule has 3 atom stereocenters. The number of thioether (sulfide) groups is 1. The average Bonchev–Trinajstić information content (AvgIpc) is 2.67. The van der Waals surface area contributed by atoms with Crippen LogP contribution in [0, 0.1) is 23.5 Å². The summed E-state index contributed by atoms with van der Waals surface area (Å²) in [7, 11) is 1.24. The number of ketones is 1. The molecule has 1 aliphatic heterocycles. The number of ether oxygens (including phenoxy) is 1. The summed E-state index contributed by atoms with van der Waals surface area (Å²) in [6.07, 6.45) is 0.356. The molecule has 0 aliphatic carbocycles. The van der Waals surface area contributed by atoms with Crippen LogP contribution in [0.1, 0.15) is 33.7 Å². The molecular formula is C21H20F2O3S. The molecule has 1 heterocycles. The molecule has 0 radical (unpaired) electrons. The predicted octanol–water partition coefficient (Wildman–Crippen LogP) is 4.60. The topological polar surface area (TPSA) is 43.4 Å². The maximum absolute atomic E-state index is 14.6. The van der Waals surface area contributed by atoms with Gasteiger partial charge in [0.15, 0.2) is 0 Å². The number of hydrogen-bond donors (Lipinski definition) is 0. The largest absolute Gasteiger partial charge is 0.465 e. The van der Waals surface area contributed by atoms with E-state index in [-0.39, 0.29) is 34.2 Å². The van der Waals surface area contributed by atoms with Crippen molar-refractivity contribution in [2.24, 2.45) is 11.8 Å². The monoisotopic (exact) mass is 390 g/mol. The zero-order valence-electron chi connectivity index (χ0n) is 15.1. The summed E-state index contributed by atoms with van der Waals surface area (Å²) in [5, 5.41) is -0.0296. The lowest BCUT2D eigenvalue weighted by molar-refractivity contribution is -0.121. The second-order valence-corrected chi connectivity index (χ2v) is 7.83. The van der Waals surface area contributed by atoms with E-state index in [1.807, 2.05) is 6.92 Å². The molecule has 0 bridgehead atoms. The highest BCUT2D eigenvalue weighted by atomic mass is 32.2. The van der Waals surface area contributed by atoms with E-state index >= 15 is 0 Å². The van der Waals surface area contributed by atoms with Crippen molar-refractivity contribution in [1.82, 2.24) is 0 Å². The molecule has 2 aromatic rings. The van der Waals surface area contributed by atoms with Crippen molar-refractivity contribution >= 4 is 23.5 Å². The Kier molecular flexibility index (Phi) is 5.95. The second-order valence-electron chi connectivity index (χ2n) is 6.70. The van der Waals surface area contributed by atoms with Gasteiger partial charge < -0.3 is 4.74 Å². The number of halogens is 2. The Morgan fingerprint density at radius 3 is 2.52 bits per heavy atom. The van der Waals surface area contributed by atoms with Crippen LogP contribution in [-0.4, -0.2) is 24.6 Å². The van der Waals surface area contributed by atoms with E-state index in [1.165, 1.54) is 37.1 Å². The average molecular weight is 390 g/mol. The fourth-order valence-corrected chi connectivity index (χ4v) is 4.95. The summed E-state index contributed by atoms with van der Waals surface area (Å²) in [5.41, 5.74) is 1.52. The quantitative estimate of drug-likeness (QED) is 0.716. The molecule has 0 aromatic heterocycles. The summed E-state index contributed by atoms with van der Waals surface area (Å²) >= 11 is 1.51. The van der Waals surface area contributed by atoms with Crippen LogP contribution >= 0.6 is 11.8 Å². The standard InChI is InChI=1S/C21H20F2O3S/c1-12-17(9-14-3-4-15(10-18(14)23)21(25)26-2)20(27-11-19(12)24)13-5-7-16(22)8-6-13/h3-8,10,12,17,20H,9,11H2,1-2H3. The van der Waals surface area contributed by atoms with Gasteiger partial charge in [-0.3, -0.25) is 4.79 Å². The number of rotatable bonds is 4. The predicted molar refractivity (Wildman–Crippen MR) is 101 cm³/mol. The lowest BCUT2D eigenvalue weighted by Gasteiger charge is -2.35. The summed E-state index contributed by atoms with van der Waals surface area (Å²) in [4.78, 5) is 23.8. The molecule has 142 valence electrons. The molecule has 1 aliphatic rings. The Hall–Kier alpha value is -2.21. The van der Waals surface area contributed by atoms with Gasteiger partial charge in [0.25, 0.3) is 0 Å². The van der Waals surface area contributed by atoms with Crippen LogP contribution in [-0.2, 0) is 16.0 Å². The van der Waals surface area contributed by atoms with Crippen molar-refractivity contribution in [3.8, 4) is 0 Å². The zero-order chi connectivity index (χ0) is 19.6. The van der Waals surface area contributed by atoms with E-state index in [9.17, 15) is 18.4 Å². The van der Waals surface area contributed by atoms with Gasteiger partial charge in [-0.25, -0.2) is 13.6 Å². The van der Waals surface area contributed by atoms with Gasteiger partial charge in [-0.05, 0) is 47.7 Å².